The number of nitrogens with zero attached hydrogens (tertiary/aromatic N) is 1. The molecule has 8 heteroatoms. The first-order valence-electron chi connectivity index (χ1n) is 9.73. The van der Waals surface area contributed by atoms with Crippen LogP contribution in [0.25, 0.3) is 0 Å². The predicted octanol–water partition coefficient (Wildman–Crippen LogP) is 3.71. The number of rotatable bonds is 5. The van der Waals surface area contributed by atoms with Crippen LogP contribution in [0, 0.1) is 12.7 Å². The van der Waals surface area contributed by atoms with E-state index in [1.165, 1.54) is 25.1 Å². The number of carbonyl (C=O) groups is 1. The van der Waals surface area contributed by atoms with Gasteiger partial charge in [-0.15, -0.1) is 0 Å². The topological polar surface area (TPSA) is 75.7 Å². The summed E-state index contributed by atoms with van der Waals surface area (Å²) in [6.45, 7) is 7.26. The number of sulfonamides is 1. The van der Waals surface area contributed by atoms with Gasteiger partial charge in [-0.2, -0.15) is 0 Å². The summed E-state index contributed by atoms with van der Waals surface area (Å²) in [5.41, 5.74) is 1.19. The molecule has 0 saturated heterocycles. The van der Waals surface area contributed by atoms with E-state index in [-0.39, 0.29) is 11.7 Å². The molecule has 3 rings (SSSR count). The smallest absolute Gasteiger partial charge is 0.244 e. The number of ether oxygens (including phenoxy) is 1. The van der Waals surface area contributed by atoms with Crippen molar-refractivity contribution in [2.75, 3.05) is 10.6 Å². The molecule has 30 heavy (non-hydrogen) atoms. The van der Waals surface area contributed by atoms with E-state index in [0.717, 1.165) is 27.8 Å². The van der Waals surface area contributed by atoms with Crippen LogP contribution in [0.3, 0.4) is 0 Å². The van der Waals surface area contributed by atoms with Crippen LogP contribution in [0.15, 0.2) is 42.5 Å². The van der Waals surface area contributed by atoms with Gasteiger partial charge in [-0.25, -0.2) is 12.8 Å². The third-order valence-corrected chi connectivity index (χ3v) is 6.35. The highest BCUT2D eigenvalue weighted by molar-refractivity contribution is 7.92. The van der Waals surface area contributed by atoms with Crippen molar-refractivity contribution in [1.29, 1.82) is 0 Å². The SMILES string of the molecule is Cc1ccc2c(c1)[C@H](NC(=O)[C@@H](C)N(c1ccccc1F)S(C)(=O)=O)CC(C)(C)O2. The van der Waals surface area contributed by atoms with Gasteiger partial charge in [0.25, 0.3) is 0 Å². The second kappa shape index (κ2) is 7.91. The van der Waals surface area contributed by atoms with Crippen LogP contribution < -0.4 is 14.4 Å². The minimum atomic E-state index is -3.91. The Morgan fingerprint density at radius 1 is 1.27 bits per heavy atom. The number of hydrogen-bond donors (Lipinski definition) is 1. The Kier molecular flexibility index (Phi) is 5.82. The highest BCUT2D eigenvalue weighted by Gasteiger charge is 2.37. The van der Waals surface area contributed by atoms with E-state index in [4.69, 9.17) is 4.74 Å². The Balaban J connectivity index is 1.93. The van der Waals surface area contributed by atoms with E-state index in [1.807, 2.05) is 39.0 Å². The van der Waals surface area contributed by atoms with E-state index in [1.54, 1.807) is 0 Å². The number of carbonyl (C=O) groups excluding carboxylic acids is 1. The Hall–Kier alpha value is -2.61. The molecule has 1 amide bonds. The molecule has 1 N–H and O–H groups in total. The average Bonchev–Trinajstić information content (AvgIpc) is 2.62. The number of hydrogen-bond acceptors (Lipinski definition) is 4. The van der Waals surface area contributed by atoms with E-state index in [9.17, 15) is 17.6 Å². The van der Waals surface area contributed by atoms with Crippen LogP contribution in [0.5, 0.6) is 5.75 Å². The van der Waals surface area contributed by atoms with Crippen molar-refractivity contribution in [3.63, 3.8) is 0 Å². The van der Waals surface area contributed by atoms with Crippen LogP contribution in [-0.4, -0.2) is 32.2 Å². The second-order valence-corrected chi connectivity index (χ2v) is 10.2. The lowest BCUT2D eigenvalue weighted by atomic mass is 9.89. The lowest BCUT2D eigenvalue weighted by molar-refractivity contribution is -0.123. The summed E-state index contributed by atoms with van der Waals surface area (Å²) in [5, 5.41) is 2.95. The number of halogens is 1. The summed E-state index contributed by atoms with van der Waals surface area (Å²) in [6, 6.07) is 9.76. The molecule has 2 aromatic rings. The first-order chi connectivity index (χ1) is 13.9. The van der Waals surface area contributed by atoms with Crippen molar-refractivity contribution in [3.05, 3.63) is 59.4 Å². The lowest BCUT2D eigenvalue weighted by Gasteiger charge is -2.39. The number of benzene rings is 2. The van der Waals surface area contributed by atoms with Gasteiger partial charge in [0.15, 0.2) is 0 Å². The zero-order valence-electron chi connectivity index (χ0n) is 17.8. The number of amides is 1. The highest BCUT2D eigenvalue weighted by atomic mass is 32.2. The van der Waals surface area contributed by atoms with E-state index in [0.29, 0.717) is 12.2 Å². The van der Waals surface area contributed by atoms with Crippen LogP contribution in [0.1, 0.15) is 44.4 Å². The summed E-state index contributed by atoms with van der Waals surface area (Å²) >= 11 is 0. The quantitative estimate of drug-likeness (QED) is 0.779. The maximum Gasteiger partial charge on any atom is 0.244 e. The summed E-state index contributed by atoms with van der Waals surface area (Å²) < 4.78 is 46.0. The van der Waals surface area contributed by atoms with Gasteiger partial charge in [0.05, 0.1) is 18.0 Å². The Labute approximate surface area is 177 Å². The molecule has 0 saturated carbocycles. The van der Waals surface area contributed by atoms with Gasteiger partial charge in [-0.3, -0.25) is 9.10 Å². The van der Waals surface area contributed by atoms with Crippen molar-refractivity contribution in [3.8, 4) is 5.75 Å². The van der Waals surface area contributed by atoms with E-state index < -0.39 is 33.4 Å². The van der Waals surface area contributed by atoms with Crippen LogP contribution in [-0.2, 0) is 14.8 Å². The Morgan fingerprint density at radius 3 is 2.57 bits per heavy atom. The minimum absolute atomic E-state index is 0.161. The van der Waals surface area contributed by atoms with Gasteiger partial charge in [-0.1, -0.05) is 29.8 Å². The van der Waals surface area contributed by atoms with Gasteiger partial charge in [0.1, 0.15) is 23.2 Å². The van der Waals surface area contributed by atoms with Crippen molar-refractivity contribution in [1.82, 2.24) is 5.32 Å². The van der Waals surface area contributed by atoms with Crippen molar-refractivity contribution in [2.45, 2.75) is 51.8 Å². The molecule has 0 aliphatic carbocycles. The van der Waals surface area contributed by atoms with Gasteiger partial charge in [-0.05, 0) is 45.9 Å². The summed E-state index contributed by atoms with van der Waals surface area (Å²) in [4.78, 5) is 13.1. The monoisotopic (exact) mass is 434 g/mol. The van der Waals surface area contributed by atoms with Crippen LogP contribution >= 0.6 is 0 Å². The molecule has 0 radical (unpaired) electrons. The first-order valence-corrected chi connectivity index (χ1v) is 11.6. The molecule has 0 aromatic heterocycles. The fourth-order valence-corrected chi connectivity index (χ4v) is 4.98. The van der Waals surface area contributed by atoms with Gasteiger partial charge in [0.2, 0.25) is 15.9 Å². The van der Waals surface area contributed by atoms with Crippen molar-refractivity contribution >= 4 is 21.6 Å². The molecular weight excluding hydrogens is 407 g/mol. The Morgan fingerprint density at radius 2 is 1.93 bits per heavy atom. The lowest BCUT2D eigenvalue weighted by Crippen LogP contribution is -2.50. The fourth-order valence-electron chi connectivity index (χ4n) is 3.81. The fraction of sp³-hybridized carbons (Fsp3) is 0.409. The van der Waals surface area contributed by atoms with Gasteiger partial charge >= 0.3 is 0 Å². The maximum atomic E-state index is 14.3. The average molecular weight is 435 g/mol. The zero-order chi connectivity index (χ0) is 22.3. The molecule has 162 valence electrons. The third kappa shape index (κ3) is 4.59. The van der Waals surface area contributed by atoms with Gasteiger partial charge in [0, 0.05) is 12.0 Å². The van der Waals surface area contributed by atoms with Crippen molar-refractivity contribution < 1.29 is 22.3 Å². The van der Waals surface area contributed by atoms with Crippen LogP contribution in [0.4, 0.5) is 10.1 Å². The largest absolute Gasteiger partial charge is 0.487 e. The molecule has 6 nitrogen and oxygen atoms in total. The number of aryl methyl sites for hydroxylation is 1. The number of para-hydroxylation sites is 1. The molecule has 1 heterocycles. The summed E-state index contributed by atoms with van der Waals surface area (Å²) in [7, 11) is -3.91. The molecule has 0 fully saturated rings. The number of anilines is 1. The van der Waals surface area contributed by atoms with Crippen molar-refractivity contribution in [2.24, 2.45) is 0 Å². The molecule has 2 atom stereocenters. The number of nitrogens with one attached hydrogen (secondary N) is 1. The zero-order valence-corrected chi connectivity index (χ0v) is 18.6. The molecule has 1 aliphatic rings. The molecular formula is C22H27FN2O4S. The highest BCUT2D eigenvalue weighted by Crippen LogP contribution is 2.40. The predicted molar refractivity (Wildman–Crippen MR) is 115 cm³/mol. The second-order valence-electron chi connectivity index (χ2n) is 8.35. The molecule has 2 aromatic carbocycles. The van der Waals surface area contributed by atoms with Gasteiger partial charge < -0.3 is 10.1 Å². The standard InChI is InChI=1S/C22H27FN2O4S/c1-14-10-11-20-16(12-14)18(13-22(3,4)29-20)24-21(26)15(2)25(30(5,27)28)19-9-7-6-8-17(19)23/h6-12,15,18H,13H2,1-5H3,(H,24,26)/t15-,18-/m1/s1. The molecule has 1 aliphatic heterocycles. The van der Waals surface area contributed by atoms with Crippen LogP contribution in [0.2, 0.25) is 0 Å². The maximum absolute atomic E-state index is 14.3. The summed E-state index contributed by atoms with van der Waals surface area (Å²) in [6.07, 6.45) is 1.47. The normalized spacial score (nSPS) is 18.7. The molecule has 0 unspecified atom stereocenters. The van der Waals surface area contributed by atoms with E-state index in [2.05, 4.69) is 5.32 Å². The summed E-state index contributed by atoms with van der Waals surface area (Å²) in [5.74, 6) is -0.543. The minimum Gasteiger partial charge on any atom is -0.487 e. The Bertz CT molecular complexity index is 1070. The number of fused-ring (bicyclic) bond motifs is 1. The van der Waals surface area contributed by atoms with E-state index >= 15 is 0 Å². The molecule has 0 bridgehead atoms. The molecule has 0 spiro atoms. The first kappa shape index (κ1) is 22.1. The third-order valence-electron chi connectivity index (χ3n) is 5.12.